The molecule has 2 N–H and O–H groups in total. The molecule has 0 saturated heterocycles. The van der Waals surface area contributed by atoms with Crippen molar-refractivity contribution in [2.45, 2.75) is 38.6 Å². The van der Waals surface area contributed by atoms with Crippen LogP contribution in [0, 0.1) is 0 Å². The molecule has 1 fully saturated rings. The lowest BCUT2D eigenvalue weighted by atomic mass is 10.1. The number of hydrogen-bond acceptors (Lipinski definition) is 2. The van der Waals surface area contributed by atoms with E-state index in [1.807, 2.05) is 18.2 Å². The maximum atomic E-state index is 6.31. The van der Waals surface area contributed by atoms with E-state index in [4.69, 9.17) is 33.9 Å². The summed E-state index contributed by atoms with van der Waals surface area (Å²) >= 11 is 12.6. The number of nitrogens with two attached hydrogens (primary N) is 1. The first-order valence-electron chi connectivity index (χ1n) is 6.93. The number of hydrogen-bond donors (Lipinski definition) is 1. The molecule has 1 saturated carbocycles. The highest BCUT2D eigenvalue weighted by Gasteiger charge is 2.31. The summed E-state index contributed by atoms with van der Waals surface area (Å²) in [5.41, 5.74) is 7.77. The van der Waals surface area contributed by atoms with E-state index in [1.165, 1.54) is 12.8 Å². The van der Waals surface area contributed by atoms with Gasteiger partial charge in [-0.15, -0.1) is 0 Å². The molecule has 106 valence electrons. The molecule has 20 heavy (non-hydrogen) atoms. The minimum Gasteiger partial charge on any atom is -0.383 e. The predicted molar refractivity (Wildman–Crippen MR) is 84.4 cm³/mol. The molecule has 1 aliphatic rings. The van der Waals surface area contributed by atoms with Crippen molar-refractivity contribution < 1.29 is 0 Å². The Morgan fingerprint density at radius 3 is 2.50 bits per heavy atom. The molecule has 0 amide bonds. The van der Waals surface area contributed by atoms with Gasteiger partial charge >= 0.3 is 0 Å². The molecule has 1 aromatic carbocycles. The summed E-state index contributed by atoms with van der Waals surface area (Å²) in [7, 11) is 0. The molecule has 0 bridgehead atoms. The standard InChI is InChI=1S/C15H17Cl2N3/c1-2-8-20-14(18)13(19-15(20)9-6-7-9)12-10(16)4-3-5-11(12)17/h3-5,9H,2,6-8,18H2,1H3. The van der Waals surface area contributed by atoms with Crippen LogP contribution in [0.3, 0.4) is 0 Å². The first kappa shape index (κ1) is 13.8. The number of benzene rings is 1. The van der Waals surface area contributed by atoms with Gasteiger partial charge in [-0.25, -0.2) is 4.98 Å². The van der Waals surface area contributed by atoms with Crippen LogP contribution in [-0.2, 0) is 6.54 Å². The van der Waals surface area contributed by atoms with E-state index in [0.29, 0.717) is 21.8 Å². The Morgan fingerprint density at radius 2 is 1.95 bits per heavy atom. The number of imidazole rings is 1. The zero-order valence-corrected chi connectivity index (χ0v) is 12.9. The van der Waals surface area contributed by atoms with E-state index < -0.39 is 0 Å². The number of halogens is 2. The maximum absolute atomic E-state index is 6.31. The first-order chi connectivity index (χ1) is 9.63. The van der Waals surface area contributed by atoms with Crippen molar-refractivity contribution in [3.8, 4) is 11.3 Å². The van der Waals surface area contributed by atoms with Crippen LogP contribution in [-0.4, -0.2) is 9.55 Å². The number of aromatic nitrogens is 2. The van der Waals surface area contributed by atoms with Gasteiger partial charge in [-0.1, -0.05) is 36.2 Å². The molecule has 0 atom stereocenters. The zero-order chi connectivity index (χ0) is 14.3. The number of rotatable bonds is 4. The summed E-state index contributed by atoms with van der Waals surface area (Å²) in [6.45, 7) is 3.02. The van der Waals surface area contributed by atoms with E-state index in [0.717, 1.165) is 30.0 Å². The minimum absolute atomic E-state index is 0.541. The summed E-state index contributed by atoms with van der Waals surface area (Å²) in [6.07, 6.45) is 3.40. The number of nitrogens with zero attached hydrogens (tertiary/aromatic N) is 2. The molecule has 0 unspecified atom stereocenters. The molecule has 2 aromatic rings. The van der Waals surface area contributed by atoms with E-state index in [2.05, 4.69) is 11.5 Å². The molecule has 5 heteroatoms. The third kappa shape index (κ3) is 2.29. The smallest absolute Gasteiger partial charge is 0.131 e. The first-order valence-corrected chi connectivity index (χ1v) is 7.69. The molecule has 1 aromatic heterocycles. The predicted octanol–water partition coefficient (Wildman–Crippen LogP) is 4.73. The van der Waals surface area contributed by atoms with Gasteiger partial charge < -0.3 is 10.3 Å². The van der Waals surface area contributed by atoms with Crippen molar-refractivity contribution in [3.05, 3.63) is 34.1 Å². The maximum Gasteiger partial charge on any atom is 0.131 e. The average Bonchev–Trinajstić information content (AvgIpc) is 3.20. The average molecular weight is 310 g/mol. The Labute approximate surface area is 128 Å². The molecule has 3 nitrogen and oxygen atoms in total. The molecule has 0 radical (unpaired) electrons. The summed E-state index contributed by atoms with van der Waals surface area (Å²) < 4.78 is 2.12. The van der Waals surface area contributed by atoms with Crippen LogP contribution in [0.2, 0.25) is 10.0 Å². The Bertz CT molecular complexity index is 625. The van der Waals surface area contributed by atoms with Gasteiger partial charge in [0.25, 0.3) is 0 Å². The Morgan fingerprint density at radius 1 is 1.30 bits per heavy atom. The third-order valence-electron chi connectivity index (χ3n) is 3.63. The Balaban J connectivity index is 2.16. The molecule has 1 aliphatic carbocycles. The molecule has 0 spiro atoms. The van der Waals surface area contributed by atoms with E-state index in [1.54, 1.807) is 0 Å². The van der Waals surface area contributed by atoms with Crippen LogP contribution in [0.1, 0.15) is 37.9 Å². The van der Waals surface area contributed by atoms with Gasteiger partial charge in [0.1, 0.15) is 17.3 Å². The number of anilines is 1. The molecule has 0 aliphatic heterocycles. The van der Waals surface area contributed by atoms with Crippen molar-refractivity contribution in [1.82, 2.24) is 9.55 Å². The lowest BCUT2D eigenvalue weighted by Gasteiger charge is -2.08. The normalized spacial score (nSPS) is 14.8. The highest BCUT2D eigenvalue weighted by Crippen LogP contribution is 2.44. The van der Waals surface area contributed by atoms with Crippen LogP contribution in [0.4, 0.5) is 5.82 Å². The molecule has 3 rings (SSSR count). The van der Waals surface area contributed by atoms with Crippen molar-refractivity contribution >= 4 is 29.0 Å². The van der Waals surface area contributed by atoms with E-state index >= 15 is 0 Å². The van der Waals surface area contributed by atoms with Crippen LogP contribution >= 0.6 is 23.2 Å². The van der Waals surface area contributed by atoms with Gasteiger partial charge in [0.05, 0.1) is 10.0 Å². The van der Waals surface area contributed by atoms with Crippen molar-refractivity contribution in [2.75, 3.05) is 5.73 Å². The van der Waals surface area contributed by atoms with Crippen molar-refractivity contribution in [1.29, 1.82) is 0 Å². The minimum atomic E-state index is 0.541. The molecular weight excluding hydrogens is 293 g/mol. The van der Waals surface area contributed by atoms with Gasteiger partial charge in [-0.2, -0.15) is 0 Å². The topological polar surface area (TPSA) is 43.8 Å². The van der Waals surface area contributed by atoms with Crippen molar-refractivity contribution in [3.63, 3.8) is 0 Å². The SMILES string of the molecule is CCCn1c(C2CC2)nc(-c2c(Cl)cccc2Cl)c1N. The van der Waals surface area contributed by atoms with E-state index in [-0.39, 0.29) is 0 Å². The van der Waals surface area contributed by atoms with Gasteiger partial charge in [0.15, 0.2) is 0 Å². The lowest BCUT2D eigenvalue weighted by molar-refractivity contribution is 0.646. The van der Waals surface area contributed by atoms with Gasteiger partial charge in [0.2, 0.25) is 0 Å². The molecule has 1 heterocycles. The summed E-state index contributed by atoms with van der Waals surface area (Å²) in [5.74, 6) is 2.29. The van der Waals surface area contributed by atoms with Crippen LogP contribution in [0.15, 0.2) is 18.2 Å². The Hall–Kier alpha value is -1.19. The second kappa shape index (κ2) is 5.30. The molecular formula is C15H17Cl2N3. The van der Waals surface area contributed by atoms with Gasteiger partial charge in [-0.05, 0) is 31.4 Å². The van der Waals surface area contributed by atoms with Crippen LogP contribution in [0.25, 0.3) is 11.3 Å². The summed E-state index contributed by atoms with van der Waals surface area (Å²) in [6, 6.07) is 5.46. The van der Waals surface area contributed by atoms with Crippen LogP contribution < -0.4 is 5.73 Å². The van der Waals surface area contributed by atoms with E-state index in [9.17, 15) is 0 Å². The Kier molecular flexibility index (Phi) is 3.65. The fraction of sp³-hybridized carbons (Fsp3) is 0.400. The fourth-order valence-corrected chi connectivity index (χ4v) is 3.08. The van der Waals surface area contributed by atoms with Crippen molar-refractivity contribution in [2.24, 2.45) is 0 Å². The highest BCUT2D eigenvalue weighted by molar-refractivity contribution is 6.39. The second-order valence-corrected chi connectivity index (χ2v) is 6.04. The fourth-order valence-electron chi connectivity index (χ4n) is 2.50. The summed E-state index contributed by atoms with van der Waals surface area (Å²) in [5, 5.41) is 1.18. The zero-order valence-electron chi connectivity index (χ0n) is 11.4. The van der Waals surface area contributed by atoms with Crippen LogP contribution in [0.5, 0.6) is 0 Å². The largest absolute Gasteiger partial charge is 0.383 e. The second-order valence-electron chi connectivity index (χ2n) is 5.23. The number of nitrogen functional groups attached to an aromatic ring is 1. The quantitative estimate of drug-likeness (QED) is 0.887. The lowest BCUT2D eigenvalue weighted by Crippen LogP contribution is -2.06. The van der Waals surface area contributed by atoms with Gasteiger partial charge in [-0.3, -0.25) is 0 Å². The monoisotopic (exact) mass is 309 g/mol. The third-order valence-corrected chi connectivity index (χ3v) is 4.26. The van der Waals surface area contributed by atoms with Gasteiger partial charge in [0, 0.05) is 18.0 Å². The highest BCUT2D eigenvalue weighted by atomic mass is 35.5. The summed E-state index contributed by atoms with van der Waals surface area (Å²) in [4.78, 5) is 4.75.